The molecule has 2 aromatic rings. The molecule has 1 aromatic carbocycles. The Bertz CT molecular complexity index is 753. The van der Waals surface area contributed by atoms with E-state index < -0.39 is 0 Å². The molecule has 0 fully saturated rings. The van der Waals surface area contributed by atoms with E-state index in [0.717, 1.165) is 11.3 Å². The van der Waals surface area contributed by atoms with E-state index in [9.17, 15) is 9.59 Å². The van der Waals surface area contributed by atoms with Crippen LogP contribution in [0.1, 0.15) is 29.9 Å². The van der Waals surface area contributed by atoms with Gasteiger partial charge in [-0.3, -0.25) is 9.59 Å². The fraction of sp³-hybridized carbons (Fsp3) is 0.389. The molecule has 1 N–H and O–H groups in total. The normalized spacial score (nSPS) is 10.7. The minimum atomic E-state index is -0.282. The predicted molar refractivity (Wildman–Crippen MR) is 92.4 cm³/mol. The van der Waals surface area contributed by atoms with Crippen LogP contribution in [0.25, 0.3) is 0 Å². The Morgan fingerprint density at radius 1 is 1.29 bits per heavy atom. The number of hydrogen-bond acceptors (Lipinski definition) is 4. The molecular weight excluding hydrogens is 306 g/mol. The first kappa shape index (κ1) is 17.7. The van der Waals surface area contributed by atoms with E-state index in [0.29, 0.717) is 19.5 Å². The molecule has 0 spiro atoms. The maximum absolute atomic E-state index is 12.2. The van der Waals surface area contributed by atoms with E-state index in [-0.39, 0.29) is 23.1 Å². The maximum Gasteiger partial charge on any atom is 0.271 e. The monoisotopic (exact) mass is 329 g/mol. The minimum absolute atomic E-state index is 0.198. The van der Waals surface area contributed by atoms with Crippen LogP contribution < -0.4 is 15.6 Å². The number of hydrogen-bond donors (Lipinski definition) is 1. The summed E-state index contributed by atoms with van der Waals surface area (Å²) in [5, 5.41) is 6.96. The van der Waals surface area contributed by atoms with Gasteiger partial charge in [-0.15, -0.1) is 0 Å². The van der Waals surface area contributed by atoms with Gasteiger partial charge in [-0.05, 0) is 36.1 Å². The quantitative estimate of drug-likeness (QED) is 0.842. The summed E-state index contributed by atoms with van der Waals surface area (Å²) in [6, 6.07) is 10.6. The first-order valence-corrected chi connectivity index (χ1v) is 7.99. The molecule has 0 aliphatic carbocycles. The Morgan fingerprint density at radius 2 is 2.08 bits per heavy atom. The van der Waals surface area contributed by atoms with Crippen LogP contribution in [0.2, 0.25) is 0 Å². The van der Waals surface area contributed by atoms with Gasteiger partial charge in [0.1, 0.15) is 11.4 Å². The van der Waals surface area contributed by atoms with Crippen molar-refractivity contribution < 1.29 is 9.53 Å². The van der Waals surface area contributed by atoms with Crippen molar-refractivity contribution in [2.24, 2.45) is 5.92 Å². The Balaban J connectivity index is 1.96. The number of benzene rings is 1. The summed E-state index contributed by atoms with van der Waals surface area (Å²) in [5.41, 5.74) is 1.13. The molecule has 2 rings (SSSR count). The number of amides is 1. The van der Waals surface area contributed by atoms with Gasteiger partial charge in [0.15, 0.2) is 0 Å². The van der Waals surface area contributed by atoms with Crippen molar-refractivity contribution >= 4 is 5.91 Å². The molecule has 0 bridgehead atoms. The fourth-order valence-corrected chi connectivity index (χ4v) is 2.29. The summed E-state index contributed by atoms with van der Waals surface area (Å²) in [4.78, 5) is 23.9. The summed E-state index contributed by atoms with van der Waals surface area (Å²) in [5.74, 6) is 0.790. The standard InChI is InChI=1S/C18H23N3O3/c1-13(2)12-21-17(22)8-7-16(20-21)18(23)19-10-9-14-5-4-6-15(11-14)24-3/h4-8,11,13H,9-10,12H2,1-3H3,(H,19,23). The SMILES string of the molecule is COc1cccc(CCNC(=O)c2ccc(=O)n(CC(C)C)n2)c1. The molecule has 0 saturated heterocycles. The zero-order valence-corrected chi connectivity index (χ0v) is 14.3. The lowest BCUT2D eigenvalue weighted by atomic mass is 10.1. The lowest BCUT2D eigenvalue weighted by Crippen LogP contribution is -2.31. The number of nitrogens with one attached hydrogen (secondary N) is 1. The average molecular weight is 329 g/mol. The second-order valence-electron chi connectivity index (χ2n) is 5.99. The lowest BCUT2D eigenvalue weighted by Gasteiger charge is -2.10. The van der Waals surface area contributed by atoms with E-state index >= 15 is 0 Å². The summed E-state index contributed by atoms with van der Waals surface area (Å²) in [6.07, 6.45) is 0.689. The highest BCUT2D eigenvalue weighted by atomic mass is 16.5. The fourth-order valence-electron chi connectivity index (χ4n) is 2.29. The van der Waals surface area contributed by atoms with Crippen LogP contribution in [0.5, 0.6) is 5.75 Å². The van der Waals surface area contributed by atoms with Crippen LogP contribution >= 0.6 is 0 Å². The van der Waals surface area contributed by atoms with Gasteiger partial charge in [0.25, 0.3) is 11.5 Å². The van der Waals surface area contributed by atoms with Gasteiger partial charge in [-0.1, -0.05) is 26.0 Å². The molecule has 0 atom stereocenters. The molecule has 1 heterocycles. The molecule has 1 aromatic heterocycles. The van der Waals surface area contributed by atoms with Gasteiger partial charge in [0.2, 0.25) is 0 Å². The average Bonchev–Trinajstić information content (AvgIpc) is 2.56. The summed E-state index contributed by atoms with van der Waals surface area (Å²) in [7, 11) is 1.62. The lowest BCUT2D eigenvalue weighted by molar-refractivity contribution is 0.0946. The second kappa shape index (κ2) is 8.29. The van der Waals surface area contributed by atoms with E-state index in [1.807, 2.05) is 38.1 Å². The Hall–Kier alpha value is -2.63. The van der Waals surface area contributed by atoms with E-state index in [4.69, 9.17) is 4.74 Å². The summed E-state index contributed by atoms with van der Waals surface area (Å²) >= 11 is 0. The van der Waals surface area contributed by atoms with Gasteiger partial charge < -0.3 is 10.1 Å². The van der Waals surface area contributed by atoms with Crippen molar-refractivity contribution in [3.63, 3.8) is 0 Å². The highest BCUT2D eigenvalue weighted by molar-refractivity contribution is 5.91. The molecule has 128 valence electrons. The van der Waals surface area contributed by atoms with Crippen molar-refractivity contribution in [3.8, 4) is 5.75 Å². The number of carbonyl (C=O) groups excluding carboxylic acids is 1. The van der Waals surface area contributed by atoms with Crippen LogP contribution in [0, 0.1) is 5.92 Å². The van der Waals surface area contributed by atoms with E-state index in [2.05, 4.69) is 10.4 Å². The van der Waals surface area contributed by atoms with Crippen molar-refractivity contribution in [1.82, 2.24) is 15.1 Å². The van der Waals surface area contributed by atoms with Crippen LogP contribution in [-0.2, 0) is 13.0 Å². The summed E-state index contributed by atoms with van der Waals surface area (Å²) in [6.45, 7) is 4.96. The van der Waals surface area contributed by atoms with Gasteiger partial charge in [0.05, 0.1) is 7.11 Å². The van der Waals surface area contributed by atoms with Gasteiger partial charge in [-0.25, -0.2) is 4.68 Å². The Morgan fingerprint density at radius 3 is 2.79 bits per heavy atom. The number of carbonyl (C=O) groups is 1. The maximum atomic E-state index is 12.2. The van der Waals surface area contributed by atoms with Crippen molar-refractivity contribution in [2.45, 2.75) is 26.8 Å². The second-order valence-corrected chi connectivity index (χ2v) is 5.99. The molecular formula is C18H23N3O3. The smallest absolute Gasteiger partial charge is 0.271 e. The number of methoxy groups -OCH3 is 1. The zero-order valence-electron chi connectivity index (χ0n) is 14.3. The molecule has 24 heavy (non-hydrogen) atoms. The van der Waals surface area contributed by atoms with Crippen LogP contribution in [0.4, 0.5) is 0 Å². The molecule has 0 unspecified atom stereocenters. The zero-order chi connectivity index (χ0) is 17.5. The highest BCUT2D eigenvalue weighted by Crippen LogP contribution is 2.12. The molecule has 0 aliphatic heterocycles. The molecule has 6 heteroatoms. The largest absolute Gasteiger partial charge is 0.497 e. The number of ether oxygens (including phenoxy) is 1. The molecule has 1 amide bonds. The van der Waals surface area contributed by atoms with Gasteiger partial charge in [0, 0.05) is 19.2 Å². The van der Waals surface area contributed by atoms with E-state index in [1.54, 1.807) is 7.11 Å². The predicted octanol–water partition coefficient (Wildman–Crippen LogP) is 1.88. The Labute approximate surface area is 141 Å². The third-order valence-electron chi connectivity index (χ3n) is 3.47. The van der Waals surface area contributed by atoms with Crippen molar-refractivity contribution in [3.05, 3.63) is 58.0 Å². The molecule has 0 saturated carbocycles. The van der Waals surface area contributed by atoms with Crippen molar-refractivity contribution in [2.75, 3.05) is 13.7 Å². The molecule has 6 nitrogen and oxygen atoms in total. The Kier molecular flexibility index (Phi) is 6.12. The molecule has 0 radical (unpaired) electrons. The first-order chi connectivity index (χ1) is 11.5. The van der Waals surface area contributed by atoms with Gasteiger partial charge >= 0.3 is 0 Å². The van der Waals surface area contributed by atoms with Crippen LogP contribution in [-0.4, -0.2) is 29.3 Å². The molecule has 0 aliphatic rings. The third kappa shape index (κ3) is 4.94. The van der Waals surface area contributed by atoms with Crippen LogP contribution in [0.15, 0.2) is 41.2 Å². The third-order valence-corrected chi connectivity index (χ3v) is 3.47. The number of aromatic nitrogens is 2. The van der Waals surface area contributed by atoms with E-state index in [1.165, 1.54) is 16.8 Å². The summed E-state index contributed by atoms with van der Waals surface area (Å²) < 4.78 is 6.51. The topological polar surface area (TPSA) is 73.2 Å². The highest BCUT2D eigenvalue weighted by Gasteiger charge is 2.10. The first-order valence-electron chi connectivity index (χ1n) is 7.99. The number of rotatable bonds is 7. The van der Waals surface area contributed by atoms with Crippen molar-refractivity contribution in [1.29, 1.82) is 0 Å². The van der Waals surface area contributed by atoms with Gasteiger partial charge in [-0.2, -0.15) is 5.10 Å². The minimum Gasteiger partial charge on any atom is -0.497 e. The number of nitrogens with zero attached hydrogens (tertiary/aromatic N) is 2. The van der Waals surface area contributed by atoms with Crippen LogP contribution in [0.3, 0.4) is 0 Å².